The van der Waals surface area contributed by atoms with Crippen LogP contribution >= 0.6 is 7.82 Å². The summed E-state index contributed by atoms with van der Waals surface area (Å²) in [5.74, 6) is 0. The third-order valence-corrected chi connectivity index (χ3v) is 0. The third kappa shape index (κ3) is 49.4. The summed E-state index contributed by atoms with van der Waals surface area (Å²) in [5, 5.41) is 0. The van der Waals surface area contributed by atoms with Gasteiger partial charge in [0, 0.05) is 41.7 Å². The predicted octanol–water partition coefficient (Wildman–Crippen LogP) is -1.08. The molecule has 0 aromatic rings. The van der Waals surface area contributed by atoms with E-state index in [2.05, 4.69) is 0 Å². The van der Waals surface area contributed by atoms with Gasteiger partial charge in [0.2, 0.25) is 0 Å². The Morgan fingerprint density at radius 3 is 1.29 bits per heavy atom. The van der Waals surface area contributed by atoms with Gasteiger partial charge in [0.1, 0.15) is 0 Å². The summed E-state index contributed by atoms with van der Waals surface area (Å²) in [6.07, 6.45) is 0. The molecule has 0 aromatic carbocycles. The third-order valence-electron chi connectivity index (χ3n) is 0. The number of rotatable bonds is 0. The molecule has 7 heavy (non-hydrogen) atoms. The first-order valence-electron chi connectivity index (χ1n) is 0.783. The molecule has 0 spiro atoms. The van der Waals surface area contributed by atoms with Crippen molar-refractivity contribution >= 4 is 53.3 Å². The monoisotopic (exact) mass is 328 g/mol. The molecule has 0 bridgehead atoms. The van der Waals surface area contributed by atoms with Gasteiger partial charge in [-0.3, -0.25) is 0 Å². The smallest absolute Gasteiger partial charge is 1.00 e. The zero-order valence-corrected chi connectivity index (χ0v) is 10.9. The van der Waals surface area contributed by atoms with Gasteiger partial charge in [-0.25, -0.2) is 4.57 Å². The van der Waals surface area contributed by atoms with Crippen molar-refractivity contribution in [1.82, 2.24) is 0 Å². The Morgan fingerprint density at radius 1 is 1.29 bits per heavy atom. The van der Waals surface area contributed by atoms with E-state index in [1.807, 2.05) is 0 Å². The Bertz CT molecular complexity index is 64.7. The second-order valence-electron chi connectivity index (χ2n) is 0.513. The van der Waals surface area contributed by atoms with Crippen LogP contribution in [0.2, 0.25) is 0 Å². The van der Waals surface area contributed by atoms with Crippen LogP contribution in [-0.2, 0) is 4.57 Å². The molecule has 0 heterocycles. The van der Waals surface area contributed by atoms with Crippen molar-refractivity contribution in [1.29, 1.82) is 0 Å². The van der Waals surface area contributed by atoms with E-state index >= 15 is 0 Å². The summed E-state index contributed by atoms with van der Waals surface area (Å²) >= 11 is 0. The van der Waals surface area contributed by atoms with Crippen molar-refractivity contribution < 1.29 is 63.8 Å². The first-order chi connectivity index (χ1) is 2.00. The van der Waals surface area contributed by atoms with Crippen LogP contribution in [0.15, 0.2) is 0 Å². The average molecular weight is 328 g/mol. The Labute approximate surface area is 115 Å². The fraction of sp³-hybridized carbons (Fsp3) is 0. The average Bonchev–Trinajstić information content (AvgIpc) is 0.722. The fourth-order valence-electron chi connectivity index (χ4n) is 0. The fourth-order valence-corrected chi connectivity index (χ4v) is 0. The van der Waals surface area contributed by atoms with E-state index in [1.54, 1.807) is 0 Å². The molecule has 0 saturated carbocycles. The van der Waals surface area contributed by atoms with E-state index in [0.717, 1.165) is 0 Å². The SMILES string of the molecule is O=P(O)(O)O.[Ce].[H-].[H-].[Sr+2]. The molecule has 0 fully saturated rings. The molecule has 0 aromatic heterocycles. The molecule has 0 saturated heterocycles. The zero-order valence-electron chi connectivity index (χ0n) is 5.40. The summed E-state index contributed by atoms with van der Waals surface area (Å²) < 4.78 is 8.88. The minimum Gasteiger partial charge on any atom is -1.00 e. The molecule has 7 heteroatoms. The Morgan fingerprint density at radius 2 is 1.29 bits per heavy atom. The van der Waals surface area contributed by atoms with Crippen molar-refractivity contribution in [3.8, 4) is 0 Å². The van der Waals surface area contributed by atoms with Crippen LogP contribution in [0.5, 0.6) is 0 Å². The van der Waals surface area contributed by atoms with Crippen molar-refractivity contribution in [2.75, 3.05) is 0 Å². The molecule has 0 amide bonds. The summed E-state index contributed by atoms with van der Waals surface area (Å²) in [4.78, 5) is 21.6. The quantitative estimate of drug-likeness (QED) is 0.390. The zero-order chi connectivity index (χ0) is 4.50. The molecule has 0 aliphatic carbocycles. The summed E-state index contributed by atoms with van der Waals surface area (Å²) in [6, 6.07) is 0. The molecular formula is H5CeO4PSr. The summed E-state index contributed by atoms with van der Waals surface area (Å²) in [5.41, 5.74) is 0. The van der Waals surface area contributed by atoms with Crippen LogP contribution in [0.4, 0.5) is 0 Å². The van der Waals surface area contributed by atoms with E-state index in [4.69, 9.17) is 19.2 Å². The van der Waals surface area contributed by atoms with E-state index < -0.39 is 7.82 Å². The molecular weight excluding hydrogens is 323 g/mol. The maximum Gasteiger partial charge on any atom is 2.00 e. The minimum atomic E-state index is -4.64. The van der Waals surface area contributed by atoms with Crippen molar-refractivity contribution in [3.05, 3.63) is 0 Å². The van der Waals surface area contributed by atoms with Crippen LogP contribution in [0.1, 0.15) is 2.85 Å². The van der Waals surface area contributed by atoms with E-state index in [-0.39, 0.29) is 90.1 Å². The molecule has 0 radical (unpaired) electrons. The van der Waals surface area contributed by atoms with Crippen LogP contribution in [0.3, 0.4) is 0 Å². The largest absolute Gasteiger partial charge is 2.00 e. The van der Waals surface area contributed by atoms with Gasteiger partial charge in [-0.2, -0.15) is 0 Å². The summed E-state index contributed by atoms with van der Waals surface area (Å²) in [7, 11) is -4.64. The molecule has 4 nitrogen and oxygen atoms in total. The summed E-state index contributed by atoms with van der Waals surface area (Å²) in [6.45, 7) is 0. The Balaban J connectivity index is -0.0000000133. The molecule has 3 N–H and O–H groups in total. The van der Waals surface area contributed by atoms with Crippen molar-refractivity contribution in [3.63, 3.8) is 0 Å². The van der Waals surface area contributed by atoms with E-state index in [0.29, 0.717) is 0 Å². The van der Waals surface area contributed by atoms with Crippen LogP contribution in [-0.4, -0.2) is 60.2 Å². The van der Waals surface area contributed by atoms with Gasteiger partial charge in [-0.05, 0) is 0 Å². The molecule has 0 aliphatic rings. The second-order valence-corrected chi connectivity index (χ2v) is 1.54. The normalized spacial score (nSPS) is 8.43. The van der Waals surface area contributed by atoms with Gasteiger partial charge in [0.25, 0.3) is 0 Å². The molecule has 40 valence electrons. The van der Waals surface area contributed by atoms with Gasteiger partial charge in [-0.1, -0.05) is 0 Å². The number of phosphoric acid groups is 1. The van der Waals surface area contributed by atoms with Crippen molar-refractivity contribution in [2.45, 2.75) is 0 Å². The first kappa shape index (κ1) is 16.5. The molecule has 0 unspecified atom stereocenters. The number of hydrogen-bond acceptors (Lipinski definition) is 1. The Hall–Kier alpha value is 2.97. The maximum absolute atomic E-state index is 8.88. The molecule has 0 atom stereocenters. The number of hydrogen-bond donors (Lipinski definition) is 3. The maximum atomic E-state index is 8.88. The molecule has 0 aliphatic heterocycles. The predicted molar refractivity (Wildman–Crippen MR) is 22.2 cm³/mol. The Kier molecular flexibility index (Phi) is 16.7. The van der Waals surface area contributed by atoms with Crippen LogP contribution in [0, 0.1) is 41.7 Å². The molecule has 0 rings (SSSR count). The van der Waals surface area contributed by atoms with Gasteiger partial charge in [0.05, 0.1) is 0 Å². The van der Waals surface area contributed by atoms with E-state index in [1.165, 1.54) is 0 Å². The van der Waals surface area contributed by atoms with Crippen LogP contribution in [0.25, 0.3) is 0 Å². The second kappa shape index (κ2) is 7.08. The van der Waals surface area contributed by atoms with Crippen LogP contribution < -0.4 is 0 Å². The minimum absolute atomic E-state index is 0. The topological polar surface area (TPSA) is 77.8 Å². The van der Waals surface area contributed by atoms with Gasteiger partial charge >= 0.3 is 53.3 Å². The van der Waals surface area contributed by atoms with Gasteiger partial charge < -0.3 is 17.5 Å². The first-order valence-corrected chi connectivity index (χ1v) is 2.35. The van der Waals surface area contributed by atoms with Gasteiger partial charge in [0.15, 0.2) is 0 Å². The van der Waals surface area contributed by atoms with Gasteiger partial charge in [-0.15, -0.1) is 0 Å². The van der Waals surface area contributed by atoms with Crippen molar-refractivity contribution in [2.24, 2.45) is 0 Å². The standard InChI is InChI=1S/Ce.H3O4P.Sr.2H/c;1-5(2,3)4;;;/h;(H3,1,2,3,4);;;/q;;+2;2*-1. The van der Waals surface area contributed by atoms with E-state index in [9.17, 15) is 0 Å².